The van der Waals surface area contributed by atoms with Crippen molar-refractivity contribution in [2.24, 2.45) is 0 Å². The Kier molecular flexibility index (Phi) is 3.86. The number of nitrogens with one attached hydrogen (secondary N) is 1. The number of ether oxygens (including phenoxy) is 3. The van der Waals surface area contributed by atoms with Crippen molar-refractivity contribution >= 4 is 11.7 Å². The predicted molar refractivity (Wildman–Crippen MR) is 112 cm³/mol. The molecule has 3 aliphatic rings. The van der Waals surface area contributed by atoms with Crippen molar-refractivity contribution in [2.75, 3.05) is 18.5 Å². The van der Waals surface area contributed by atoms with Gasteiger partial charge in [0.2, 0.25) is 0 Å². The van der Waals surface area contributed by atoms with E-state index in [0.717, 1.165) is 41.8 Å². The summed E-state index contributed by atoms with van der Waals surface area (Å²) in [6.07, 6.45) is 2.30. The van der Waals surface area contributed by atoms with Gasteiger partial charge in [0, 0.05) is 35.5 Å². The van der Waals surface area contributed by atoms with Gasteiger partial charge in [-0.3, -0.25) is 0 Å². The molecule has 3 aromatic carbocycles. The van der Waals surface area contributed by atoms with Gasteiger partial charge in [0.1, 0.15) is 11.5 Å². The quantitative estimate of drug-likeness (QED) is 0.639. The Morgan fingerprint density at radius 1 is 0.900 bits per heavy atom. The molecule has 0 bridgehead atoms. The van der Waals surface area contributed by atoms with E-state index in [9.17, 15) is 4.79 Å². The van der Waals surface area contributed by atoms with Crippen molar-refractivity contribution in [3.05, 3.63) is 89.0 Å². The summed E-state index contributed by atoms with van der Waals surface area (Å²) in [6.45, 7) is 1.48. The molecule has 0 aromatic heterocycles. The third-order valence-corrected chi connectivity index (χ3v) is 6.19. The van der Waals surface area contributed by atoms with Crippen molar-refractivity contribution in [1.29, 1.82) is 0 Å². The lowest BCUT2D eigenvalue weighted by Gasteiger charge is -2.36. The van der Waals surface area contributed by atoms with Gasteiger partial charge in [0.05, 0.1) is 11.7 Å². The van der Waals surface area contributed by atoms with Crippen LogP contribution in [0, 0.1) is 0 Å². The number of carbonyl (C=O) groups is 1. The summed E-state index contributed by atoms with van der Waals surface area (Å²) in [5.41, 5.74) is 2.87. The van der Waals surface area contributed by atoms with Gasteiger partial charge in [-0.1, -0.05) is 48.5 Å². The molecular formula is C25H21NO4. The smallest absolute Gasteiger partial charge is 0.342 e. The molecule has 0 radical (unpaired) electrons. The van der Waals surface area contributed by atoms with E-state index in [1.807, 2.05) is 66.7 Å². The van der Waals surface area contributed by atoms with Crippen molar-refractivity contribution in [1.82, 2.24) is 0 Å². The summed E-state index contributed by atoms with van der Waals surface area (Å²) >= 11 is 0. The van der Waals surface area contributed by atoms with Crippen LogP contribution in [0.2, 0.25) is 0 Å². The molecule has 0 aliphatic carbocycles. The van der Waals surface area contributed by atoms with Gasteiger partial charge in [0.15, 0.2) is 5.60 Å². The fraction of sp³-hybridized carbons (Fsp3) is 0.240. The number of anilines is 1. The van der Waals surface area contributed by atoms with E-state index in [-0.39, 0.29) is 12.1 Å². The molecule has 30 heavy (non-hydrogen) atoms. The Hall–Kier alpha value is -3.31. The topological polar surface area (TPSA) is 56.8 Å². The molecular weight excluding hydrogens is 378 g/mol. The first-order valence-electron chi connectivity index (χ1n) is 10.4. The van der Waals surface area contributed by atoms with Gasteiger partial charge in [0.25, 0.3) is 0 Å². The van der Waals surface area contributed by atoms with Crippen LogP contribution in [0.4, 0.5) is 5.69 Å². The maximum absolute atomic E-state index is 13.2. The summed E-state index contributed by atoms with van der Waals surface area (Å²) in [5.74, 6) is 1.08. The molecule has 0 saturated carbocycles. The molecule has 1 spiro atoms. The second kappa shape index (κ2) is 6.61. The summed E-state index contributed by atoms with van der Waals surface area (Å²) in [4.78, 5) is 13.2. The number of hydrogen-bond donors (Lipinski definition) is 1. The van der Waals surface area contributed by atoms with Crippen molar-refractivity contribution < 1.29 is 19.0 Å². The van der Waals surface area contributed by atoms with Gasteiger partial charge < -0.3 is 19.5 Å². The fourth-order valence-corrected chi connectivity index (χ4v) is 4.84. The van der Waals surface area contributed by atoms with Crippen LogP contribution in [0.15, 0.2) is 66.7 Å². The first-order valence-corrected chi connectivity index (χ1v) is 10.4. The fourth-order valence-electron chi connectivity index (χ4n) is 4.84. The van der Waals surface area contributed by atoms with Crippen LogP contribution in [-0.2, 0) is 15.1 Å². The molecule has 6 rings (SSSR count). The highest BCUT2D eigenvalue weighted by atomic mass is 16.6. The van der Waals surface area contributed by atoms with Gasteiger partial charge in [-0.25, -0.2) is 4.79 Å². The molecule has 5 nitrogen and oxygen atoms in total. The summed E-state index contributed by atoms with van der Waals surface area (Å²) < 4.78 is 18.1. The van der Waals surface area contributed by atoms with E-state index in [1.54, 1.807) is 0 Å². The number of hydrogen-bond acceptors (Lipinski definition) is 5. The SMILES string of the molecule is O=C1OC2(c3ccccc3Oc3ccccc32)c2cccc(NCC3CCCO3)c21. The summed E-state index contributed by atoms with van der Waals surface area (Å²) in [6, 6.07) is 21.4. The zero-order valence-corrected chi connectivity index (χ0v) is 16.4. The highest BCUT2D eigenvalue weighted by Crippen LogP contribution is 2.56. The van der Waals surface area contributed by atoms with Crippen LogP contribution < -0.4 is 10.1 Å². The van der Waals surface area contributed by atoms with Gasteiger partial charge >= 0.3 is 5.97 Å². The van der Waals surface area contributed by atoms with Gasteiger partial charge in [-0.15, -0.1) is 0 Å². The van der Waals surface area contributed by atoms with Crippen LogP contribution in [0.1, 0.15) is 39.9 Å². The van der Waals surface area contributed by atoms with E-state index in [4.69, 9.17) is 14.2 Å². The Balaban J connectivity index is 1.52. The molecule has 1 fully saturated rings. The number of esters is 1. The average molecular weight is 399 g/mol. The average Bonchev–Trinajstić information content (AvgIpc) is 3.40. The second-order valence-electron chi connectivity index (χ2n) is 7.91. The van der Waals surface area contributed by atoms with Crippen LogP contribution in [0.3, 0.4) is 0 Å². The van der Waals surface area contributed by atoms with Crippen LogP contribution in [-0.4, -0.2) is 25.2 Å². The van der Waals surface area contributed by atoms with E-state index in [1.165, 1.54) is 0 Å². The number of benzene rings is 3. The lowest BCUT2D eigenvalue weighted by Crippen LogP contribution is -2.32. The molecule has 3 aliphatic heterocycles. The molecule has 1 unspecified atom stereocenters. The maximum atomic E-state index is 13.2. The summed E-state index contributed by atoms with van der Waals surface area (Å²) in [7, 11) is 0. The minimum absolute atomic E-state index is 0.178. The molecule has 1 atom stereocenters. The third kappa shape index (κ3) is 2.42. The number of fused-ring (bicyclic) bond motifs is 6. The lowest BCUT2D eigenvalue weighted by atomic mass is 9.77. The first-order chi connectivity index (χ1) is 14.8. The molecule has 1 saturated heterocycles. The molecule has 3 aromatic rings. The number of rotatable bonds is 3. The highest BCUT2D eigenvalue weighted by molar-refractivity contribution is 6.02. The lowest BCUT2D eigenvalue weighted by molar-refractivity contribution is 0.0225. The first kappa shape index (κ1) is 17.5. The minimum Gasteiger partial charge on any atom is -0.456 e. The Labute approximate surface area is 174 Å². The Morgan fingerprint density at radius 2 is 1.60 bits per heavy atom. The largest absolute Gasteiger partial charge is 0.456 e. The Morgan fingerprint density at radius 3 is 2.30 bits per heavy atom. The molecule has 5 heteroatoms. The second-order valence-corrected chi connectivity index (χ2v) is 7.91. The highest BCUT2D eigenvalue weighted by Gasteiger charge is 2.54. The molecule has 150 valence electrons. The summed E-state index contributed by atoms with van der Waals surface area (Å²) in [5, 5.41) is 3.43. The zero-order chi connectivity index (χ0) is 20.1. The number of para-hydroxylation sites is 2. The minimum atomic E-state index is -1.01. The monoisotopic (exact) mass is 399 g/mol. The third-order valence-electron chi connectivity index (χ3n) is 6.19. The van der Waals surface area contributed by atoms with E-state index in [0.29, 0.717) is 23.6 Å². The Bertz CT molecular complexity index is 1100. The van der Waals surface area contributed by atoms with Crippen LogP contribution in [0.5, 0.6) is 11.5 Å². The van der Waals surface area contributed by atoms with Gasteiger partial charge in [-0.2, -0.15) is 0 Å². The zero-order valence-electron chi connectivity index (χ0n) is 16.4. The van der Waals surface area contributed by atoms with Crippen molar-refractivity contribution in [3.8, 4) is 11.5 Å². The van der Waals surface area contributed by atoms with Gasteiger partial charge in [-0.05, 0) is 31.0 Å². The van der Waals surface area contributed by atoms with Crippen molar-refractivity contribution in [3.63, 3.8) is 0 Å². The molecule has 0 amide bonds. The van der Waals surface area contributed by atoms with Crippen LogP contribution >= 0.6 is 0 Å². The molecule has 1 N–H and O–H groups in total. The van der Waals surface area contributed by atoms with Crippen LogP contribution in [0.25, 0.3) is 0 Å². The van der Waals surface area contributed by atoms with E-state index < -0.39 is 5.60 Å². The standard InChI is InChI=1S/C25H21NO4/c27-24-23-19(10-5-11-20(23)26-15-16-7-6-14-28-16)25(30-24)17-8-1-3-12-21(17)29-22-13-4-2-9-18(22)25/h1-5,8-13,16,26H,6-7,14-15H2. The predicted octanol–water partition coefficient (Wildman–Crippen LogP) is 4.85. The van der Waals surface area contributed by atoms with E-state index >= 15 is 0 Å². The normalized spacial score (nSPS) is 20.1. The van der Waals surface area contributed by atoms with E-state index in [2.05, 4.69) is 5.32 Å². The molecule has 3 heterocycles. The number of carbonyl (C=O) groups excluding carboxylic acids is 1. The van der Waals surface area contributed by atoms with Crippen molar-refractivity contribution in [2.45, 2.75) is 24.5 Å². The maximum Gasteiger partial charge on any atom is 0.342 e.